The Labute approximate surface area is 228 Å². The minimum absolute atomic E-state index is 0.0296. The minimum atomic E-state index is -0.502. The van der Waals surface area contributed by atoms with Gasteiger partial charge in [-0.25, -0.2) is 4.79 Å². The van der Waals surface area contributed by atoms with E-state index in [-0.39, 0.29) is 35.9 Å². The van der Waals surface area contributed by atoms with E-state index in [4.69, 9.17) is 25.8 Å². The number of benzene rings is 3. The van der Waals surface area contributed by atoms with E-state index < -0.39 is 6.29 Å². The van der Waals surface area contributed by atoms with Crippen LogP contribution in [0, 0.1) is 11.8 Å². The minimum Gasteiger partial charge on any atom is -0.466 e. The van der Waals surface area contributed by atoms with E-state index in [0.29, 0.717) is 10.6 Å². The van der Waals surface area contributed by atoms with Crippen molar-refractivity contribution in [2.24, 2.45) is 11.8 Å². The van der Waals surface area contributed by atoms with Gasteiger partial charge in [-0.2, -0.15) is 0 Å². The van der Waals surface area contributed by atoms with E-state index in [9.17, 15) is 4.79 Å². The van der Waals surface area contributed by atoms with Gasteiger partial charge in [0.15, 0.2) is 6.29 Å². The number of esters is 1. The lowest BCUT2D eigenvalue weighted by Crippen LogP contribution is -2.26. The van der Waals surface area contributed by atoms with Gasteiger partial charge in [0.25, 0.3) is 0 Å². The number of carbonyl (C=O) groups excluding carboxylic acids is 1. The van der Waals surface area contributed by atoms with Crippen LogP contribution in [0.1, 0.15) is 29.8 Å². The zero-order chi connectivity index (χ0) is 24.8. The summed E-state index contributed by atoms with van der Waals surface area (Å²) < 4.78 is 19.5. The molecule has 1 heterocycles. The lowest BCUT2D eigenvalue weighted by atomic mass is 9.77. The zero-order valence-electron chi connectivity index (χ0n) is 19.5. The lowest BCUT2D eigenvalue weighted by Gasteiger charge is -2.31. The number of hydrogen-bond acceptors (Lipinski definition) is 5. The van der Waals surface area contributed by atoms with Gasteiger partial charge in [0.05, 0.1) is 19.3 Å². The van der Waals surface area contributed by atoms with Gasteiger partial charge >= 0.3 is 5.97 Å². The van der Waals surface area contributed by atoms with Gasteiger partial charge in [-0.05, 0) is 54.3 Å². The second-order valence-electron chi connectivity index (χ2n) is 9.29. The van der Waals surface area contributed by atoms with Crippen molar-refractivity contribution in [3.05, 3.63) is 105 Å². The normalized spacial score (nSPS) is 28.5. The van der Waals surface area contributed by atoms with Crippen LogP contribution < -0.4 is 0 Å². The van der Waals surface area contributed by atoms with E-state index in [0.717, 1.165) is 31.8 Å². The Hall–Kier alpha value is -2.09. The molecule has 36 heavy (non-hydrogen) atoms. The number of carbonyl (C=O) groups is 1. The van der Waals surface area contributed by atoms with Crippen LogP contribution in [0.2, 0.25) is 5.02 Å². The smallest absolute Gasteiger partial charge is 0.333 e. The first-order valence-corrected chi connectivity index (χ1v) is 13.9. The highest BCUT2D eigenvalue weighted by Gasteiger charge is 2.58. The molecule has 7 heteroatoms. The summed E-state index contributed by atoms with van der Waals surface area (Å²) in [4.78, 5) is 15.0. The number of methoxy groups -OCH3 is 1. The summed E-state index contributed by atoms with van der Waals surface area (Å²) >= 11 is 11.4. The summed E-state index contributed by atoms with van der Waals surface area (Å²) in [7, 11) is 1.44. The van der Waals surface area contributed by atoms with Crippen LogP contribution in [0.25, 0.3) is 0 Å². The van der Waals surface area contributed by atoms with Gasteiger partial charge in [0.1, 0.15) is 0 Å². The quantitative estimate of drug-likeness (QED) is 0.290. The molecule has 6 rings (SSSR count). The Morgan fingerprint density at radius 1 is 0.972 bits per heavy atom. The third-order valence-electron chi connectivity index (χ3n) is 7.35. The SMILES string of the molecule is COC(=O)C1=C[C@H](c2ccccc2Br)[C@H]2C[C@@H]1[C@@H]1OC(c3ccccc3Sc3ccc(Cl)cc3)O[C@H]21. The summed E-state index contributed by atoms with van der Waals surface area (Å²) in [6.07, 6.45) is 2.08. The highest BCUT2D eigenvalue weighted by molar-refractivity contribution is 9.10. The fourth-order valence-corrected chi connectivity index (χ4v) is 7.38. The first-order chi connectivity index (χ1) is 17.5. The molecule has 1 saturated carbocycles. The van der Waals surface area contributed by atoms with Crippen LogP contribution in [0.15, 0.2) is 98.7 Å². The molecule has 1 aliphatic heterocycles. The van der Waals surface area contributed by atoms with Crippen molar-refractivity contribution in [2.75, 3.05) is 7.11 Å². The average Bonchev–Trinajstić information content (AvgIpc) is 3.45. The van der Waals surface area contributed by atoms with Gasteiger partial charge in [-0.1, -0.05) is 81.8 Å². The first kappa shape index (κ1) is 24.3. The van der Waals surface area contributed by atoms with Gasteiger partial charge in [-0.3, -0.25) is 0 Å². The second kappa shape index (κ2) is 9.99. The second-order valence-corrected chi connectivity index (χ2v) is 11.7. The maximum absolute atomic E-state index is 12.8. The topological polar surface area (TPSA) is 44.8 Å². The molecule has 1 unspecified atom stereocenters. The van der Waals surface area contributed by atoms with Crippen molar-refractivity contribution in [1.29, 1.82) is 0 Å². The predicted octanol–water partition coefficient (Wildman–Crippen LogP) is 7.57. The van der Waals surface area contributed by atoms with Gasteiger partial charge < -0.3 is 14.2 Å². The summed E-state index contributed by atoms with van der Waals surface area (Å²) in [6.45, 7) is 0. The fraction of sp³-hybridized carbons (Fsp3) is 0.276. The molecule has 0 aromatic heterocycles. The average molecular weight is 584 g/mol. The maximum Gasteiger partial charge on any atom is 0.333 e. The third-order valence-corrected chi connectivity index (χ3v) is 9.42. The molecule has 3 aromatic carbocycles. The summed E-state index contributed by atoms with van der Waals surface area (Å²) in [5, 5.41) is 0.712. The maximum atomic E-state index is 12.8. The highest BCUT2D eigenvalue weighted by atomic mass is 79.9. The van der Waals surface area contributed by atoms with E-state index in [1.165, 1.54) is 7.11 Å². The van der Waals surface area contributed by atoms with Crippen LogP contribution >= 0.6 is 39.3 Å². The summed E-state index contributed by atoms with van der Waals surface area (Å²) in [6, 6.07) is 24.2. The van der Waals surface area contributed by atoms with Crippen LogP contribution in [-0.2, 0) is 19.0 Å². The number of allylic oxidation sites excluding steroid dienone is 1. The molecular weight excluding hydrogens is 560 g/mol. The zero-order valence-corrected chi connectivity index (χ0v) is 22.6. The Balaban J connectivity index is 1.32. The molecule has 184 valence electrons. The van der Waals surface area contributed by atoms with Crippen molar-refractivity contribution in [2.45, 2.75) is 40.6 Å². The van der Waals surface area contributed by atoms with Crippen LogP contribution in [0.5, 0.6) is 0 Å². The molecule has 2 fully saturated rings. The molecule has 3 aliphatic rings. The number of rotatable bonds is 5. The molecule has 2 bridgehead atoms. The van der Waals surface area contributed by atoms with Crippen molar-refractivity contribution in [3.63, 3.8) is 0 Å². The highest BCUT2D eigenvalue weighted by Crippen LogP contribution is 2.57. The number of hydrogen-bond donors (Lipinski definition) is 0. The molecular formula is C29H24BrClO4S. The number of ether oxygens (including phenoxy) is 3. The van der Waals surface area contributed by atoms with Crippen LogP contribution in [0.3, 0.4) is 0 Å². The van der Waals surface area contributed by atoms with Gasteiger partial charge in [-0.15, -0.1) is 0 Å². The molecule has 0 radical (unpaired) electrons. The Morgan fingerprint density at radius 3 is 2.42 bits per heavy atom. The molecule has 0 spiro atoms. The van der Waals surface area contributed by atoms with E-state index in [2.05, 4.69) is 40.2 Å². The monoisotopic (exact) mass is 582 g/mol. The Kier molecular flexibility index (Phi) is 6.73. The van der Waals surface area contributed by atoms with Gasteiger partial charge in [0, 0.05) is 42.3 Å². The fourth-order valence-electron chi connectivity index (χ4n) is 5.75. The van der Waals surface area contributed by atoms with Crippen LogP contribution in [0.4, 0.5) is 0 Å². The van der Waals surface area contributed by atoms with E-state index >= 15 is 0 Å². The molecule has 0 amide bonds. The third kappa shape index (κ3) is 4.33. The molecule has 0 N–H and O–H groups in total. The Morgan fingerprint density at radius 2 is 1.67 bits per heavy atom. The molecule has 2 aliphatic carbocycles. The standard InChI is InChI=1S/C29H24BrClO4S/c1-33-28(32)23-14-20(18-6-2-4-8-24(18)30)21-15-22(23)27-26(21)34-29(35-27)19-7-3-5-9-25(19)36-17-12-10-16(31)11-13-17/h2-14,20-22,26-27,29H,15H2,1H3/t20-,21-,22+,26-,27+,29?/m1/s1. The summed E-state index contributed by atoms with van der Waals surface area (Å²) in [5.41, 5.74) is 2.83. The summed E-state index contributed by atoms with van der Waals surface area (Å²) in [5.74, 6) is -0.107. The Bertz CT molecular complexity index is 1330. The largest absolute Gasteiger partial charge is 0.466 e. The molecule has 4 nitrogen and oxygen atoms in total. The van der Waals surface area contributed by atoms with Crippen molar-refractivity contribution < 1.29 is 19.0 Å². The lowest BCUT2D eigenvalue weighted by molar-refractivity contribution is -0.138. The van der Waals surface area contributed by atoms with E-state index in [1.54, 1.807) is 11.8 Å². The van der Waals surface area contributed by atoms with E-state index in [1.807, 2.05) is 54.6 Å². The van der Waals surface area contributed by atoms with Gasteiger partial charge in [0.2, 0.25) is 0 Å². The van der Waals surface area contributed by atoms with Crippen molar-refractivity contribution in [3.8, 4) is 0 Å². The number of halogens is 2. The van der Waals surface area contributed by atoms with Crippen molar-refractivity contribution >= 4 is 45.3 Å². The predicted molar refractivity (Wildman–Crippen MR) is 143 cm³/mol. The van der Waals surface area contributed by atoms with Crippen LogP contribution in [-0.4, -0.2) is 25.3 Å². The molecule has 1 saturated heterocycles. The number of fused-ring (bicyclic) bond motifs is 5. The van der Waals surface area contributed by atoms with Crippen molar-refractivity contribution in [1.82, 2.24) is 0 Å². The molecule has 3 aromatic rings. The molecule has 6 atom stereocenters. The first-order valence-electron chi connectivity index (χ1n) is 11.9.